The lowest BCUT2D eigenvalue weighted by atomic mass is 9.90. The van der Waals surface area contributed by atoms with Gasteiger partial charge in [0.25, 0.3) is 0 Å². The van der Waals surface area contributed by atoms with E-state index in [9.17, 15) is 9.59 Å². The second-order valence-corrected chi connectivity index (χ2v) is 13.7. The summed E-state index contributed by atoms with van der Waals surface area (Å²) < 4.78 is 17.6. The number of rotatable bonds is 22. The van der Waals surface area contributed by atoms with Crippen LogP contribution in [-0.2, 0) is 23.8 Å². The van der Waals surface area contributed by atoms with Crippen molar-refractivity contribution in [1.82, 2.24) is 0 Å². The van der Waals surface area contributed by atoms with Crippen LogP contribution in [0.5, 0.6) is 0 Å². The van der Waals surface area contributed by atoms with Gasteiger partial charge in [0.1, 0.15) is 18.1 Å². The number of hydrogen-bond donors (Lipinski definition) is 0. The molecule has 5 nitrogen and oxygen atoms in total. The van der Waals surface area contributed by atoms with Crippen molar-refractivity contribution in [3.8, 4) is 0 Å². The number of esters is 2. The summed E-state index contributed by atoms with van der Waals surface area (Å²) in [7, 11) is 0. The van der Waals surface area contributed by atoms with E-state index < -0.39 is 5.41 Å². The van der Waals surface area contributed by atoms with Crippen LogP contribution in [0.3, 0.4) is 0 Å². The van der Waals surface area contributed by atoms with Gasteiger partial charge < -0.3 is 14.2 Å². The van der Waals surface area contributed by atoms with Gasteiger partial charge in [-0.1, -0.05) is 93.9 Å². The Bertz CT molecular complexity index is 603. The van der Waals surface area contributed by atoms with Crippen molar-refractivity contribution in [1.29, 1.82) is 0 Å². The summed E-state index contributed by atoms with van der Waals surface area (Å²) in [5.41, 5.74) is -1.03. The summed E-state index contributed by atoms with van der Waals surface area (Å²) in [6, 6.07) is 0. The molecule has 0 fully saturated rings. The quantitative estimate of drug-likeness (QED) is 0.128. The van der Waals surface area contributed by atoms with Crippen molar-refractivity contribution >= 4 is 11.9 Å². The highest BCUT2D eigenvalue weighted by molar-refractivity contribution is 5.78. The maximum atomic E-state index is 13.6. The molecule has 0 aliphatic heterocycles. The van der Waals surface area contributed by atoms with Crippen LogP contribution in [0, 0.1) is 35.0 Å². The lowest BCUT2D eigenvalue weighted by molar-refractivity contribution is -0.174. The summed E-state index contributed by atoms with van der Waals surface area (Å²) in [6.07, 6.45) is 11.2. The standard InChI is InChI=1S/C33H64O5/c1-24(2)14-12-16-28(9)18-20-30(21-19-29(10)17-13-15-25(3)4)38-32(35)33(11,22-36-27(7)8)23-37-31(34)26(5)6/h24-30H,12-23H2,1-11H3. The Balaban J connectivity index is 5.33. The van der Waals surface area contributed by atoms with Crippen LogP contribution in [0.25, 0.3) is 0 Å². The van der Waals surface area contributed by atoms with E-state index in [0.29, 0.717) is 11.8 Å². The molecule has 5 heteroatoms. The lowest BCUT2D eigenvalue weighted by Gasteiger charge is -2.31. The van der Waals surface area contributed by atoms with Gasteiger partial charge in [-0.3, -0.25) is 9.59 Å². The van der Waals surface area contributed by atoms with E-state index in [1.54, 1.807) is 20.8 Å². The summed E-state index contributed by atoms with van der Waals surface area (Å²) in [5.74, 6) is 1.83. The van der Waals surface area contributed by atoms with E-state index >= 15 is 0 Å². The first-order chi connectivity index (χ1) is 17.7. The van der Waals surface area contributed by atoms with Gasteiger partial charge in [-0.2, -0.15) is 0 Å². The highest BCUT2D eigenvalue weighted by Gasteiger charge is 2.39. The first-order valence-electron chi connectivity index (χ1n) is 15.7. The summed E-state index contributed by atoms with van der Waals surface area (Å²) >= 11 is 0. The second kappa shape index (κ2) is 19.9. The zero-order chi connectivity index (χ0) is 29.3. The minimum atomic E-state index is -1.03. The third kappa shape index (κ3) is 18.2. The third-order valence-corrected chi connectivity index (χ3v) is 7.43. The molecule has 38 heavy (non-hydrogen) atoms. The van der Waals surface area contributed by atoms with Crippen LogP contribution >= 0.6 is 0 Å². The Morgan fingerprint density at radius 1 is 0.632 bits per heavy atom. The molecule has 3 atom stereocenters. The first-order valence-corrected chi connectivity index (χ1v) is 15.7. The van der Waals surface area contributed by atoms with Gasteiger partial charge in [-0.15, -0.1) is 0 Å². The molecule has 0 N–H and O–H groups in total. The number of carbonyl (C=O) groups excluding carboxylic acids is 2. The van der Waals surface area contributed by atoms with Crippen LogP contribution in [0.2, 0.25) is 0 Å². The summed E-state index contributed by atoms with van der Waals surface area (Å²) in [4.78, 5) is 25.7. The highest BCUT2D eigenvalue weighted by Crippen LogP contribution is 2.27. The zero-order valence-corrected chi connectivity index (χ0v) is 27.1. The maximum absolute atomic E-state index is 13.6. The predicted octanol–water partition coefficient (Wildman–Crippen LogP) is 9.01. The van der Waals surface area contributed by atoms with Gasteiger partial charge in [0.2, 0.25) is 0 Å². The topological polar surface area (TPSA) is 61.8 Å². The molecule has 0 aromatic rings. The largest absolute Gasteiger partial charge is 0.464 e. The van der Waals surface area contributed by atoms with Crippen molar-refractivity contribution in [2.24, 2.45) is 35.0 Å². The Morgan fingerprint density at radius 2 is 1.11 bits per heavy atom. The Labute approximate surface area is 236 Å². The molecule has 0 aliphatic carbocycles. The molecule has 0 amide bonds. The average molecular weight is 541 g/mol. The van der Waals surface area contributed by atoms with Crippen LogP contribution in [0.15, 0.2) is 0 Å². The molecule has 0 saturated carbocycles. The fourth-order valence-corrected chi connectivity index (χ4v) is 4.44. The number of hydrogen-bond acceptors (Lipinski definition) is 5. The number of carbonyl (C=O) groups is 2. The van der Waals surface area contributed by atoms with Gasteiger partial charge in [-0.25, -0.2) is 0 Å². The molecule has 3 unspecified atom stereocenters. The molecule has 0 spiro atoms. The maximum Gasteiger partial charge on any atom is 0.317 e. The van der Waals surface area contributed by atoms with Gasteiger partial charge in [0.05, 0.1) is 18.6 Å². The Morgan fingerprint density at radius 3 is 1.50 bits per heavy atom. The van der Waals surface area contributed by atoms with Crippen molar-refractivity contribution in [2.75, 3.05) is 13.2 Å². The van der Waals surface area contributed by atoms with Crippen LogP contribution in [-0.4, -0.2) is 37.4 Å². The fourth-order valence-electron chi connectivity index (χ4n) is 4.44. The SMILES string of the molecule is CC(C)CCCC(C)CCC(CCC(C)CCCC(C)C)OC(=O)C(C)(COC(=O)C(C)C)COC(C)C. The molecule has 0 aromatic carbocycles. The van der Waals surface area contributed by atoms with Crippen LogP contribution < -0.4 is 0 Å². The van der Waals surface area contributed by atoms with Crippen molar-refractivity contribution < 1.29 is 23.8 Å². The molecule has 0 aromatic heterocycles. The molecule has 226 valence electrons. The molecule has 0 heterocycles. The van der Waals surface area contributed by atoms with E-state index in [1.165, 1.54) is 38.5 Å². The summed E-state index contributed by atoms with van der Waals surface area (Å²) in [6.45, 7) is 23.2. The molecule has 0 rings (SSSR count). The van der Waals surface area contributed by atoms with Crippen molar-refractivity contribution in [2.45, 2.75) is 153 Å². The smallest absolute Gasteiger partial charge is 0.317 e. The summed E-state index contributed by atoms with van der Waals surface area (Å²) in [5, 5.41) is 0. The number of ether oxygens (including phenoxy) is 3. The second-order valence-electron chi connectivity index (χ2n) is 13.7. The zero-order valence-electron chi connectivity index (χ0n) is 27.1. The first kappa shape index (κ1) is 36.9. The van der Waals surface area contributed by atoms with E-state index in [-0.39, 0.29) is 43.3 Å². The van der Waals surface area contributed by atoms with E-state index in [2.05, 4.69) is 41.5 Å². The van der Waals surface area contributed by atoms with Gasteiger partial charge in [0, 0.05) is 0 Å². The Kier molecular flexibility index (Phi) is 19.3. The van der Waals surface area contributed by atoms with E-state index in [1.807, 2.05) is 13.8 Å². The molecular formula is C33H64O5. The predicted molar refractivity (Wildman–Crippen MR) is 159 cm³/mol. The van der Waals surface area contributed by atoms with Gasteiger partial charge in [0.15, 0.2) is 0 Å². The van der Waals surface area contributed by atoms with Gasteiger partial charge >= 0.3 is 11.9 Å². The normalized spacial score (nSPS) is 16.1. The fraction of sp³-hybridized carbons (Fsp3) is 0.939. The lowest BCUT2D eigenvalue weighted by Crippen LogP contribution is -2.42. The van der Waals surface area contributed by atoms with E-state index in [4.69, 9.17) is 14.2 Å². The molecule has 0 aliphatic rings. The molecular weight excluding hydrogens is 476 g/mol. The monoisotopic (exact) mass is 540 g/mol. The minimum absolute atomic E-state index is 0.0283. The molecule has 0 saturated heterocycles. The van der Waals surface area contributed by atoms with Crippen molar-refractivity contribution in [3.05, 3.63) is 0 Å². The Hall–Kier alpha value is -1.10. The third-order valence-electron chi connectivity index (χ3n) is 7.43. The highest BCUT2D eigenvalue weighted by atomic mass is 16.6. The average Bonchev–Trinajstić information content (AvgIpc) is 2.82. The molecule has 0 radical (unpaired) electrons. The van der Waals surface area contributed by atoms with Gasteiger partial charge in [-0.05, 0) is 70.1 Å². The van der Waals surface area contributed by atoms with Crippen LogP contribution in [0.4, 0.5) is 0 Å². The molecule has 0 bridgehead atoms. The van der Waals surface area contributed by atoms with Crippen LogP contribution in [0.1, 0.15) is 140 Å². The van der Waals surface area contributed by atoms with Crippen molar-refractivity contribution in [3.63, 3.8) is 0 Å². The minimum Gasteiger partial charge on any atom is -0.464 e. The van der Waals surface area contributed by atoms with E-state index in [0.717, 1.165) is 37.5 Å².